The van der Waals surface area contributed by atoms with Gasteiger partial charge in [0.05, 0.1) is 7.11 Å². The lowest BCUT2D eigenvalue weighted by Gasteiger charge is -2.34. The Morgan fingerprint density at radius 1 is 1.26 bits per heavy atom. The fourth-order valence-corrected chi connectivity index (χ4v) is 2.52. The third-order valence-corrected chi connectivity index (χ3v) is 3.68. The third-order valence-electron chi connectivity index (χ3n) is 3.68. The highest BCUT2D eigenvalue weighted by Crippen LogP contribution is 2.19. The molecule has 2 rings (SSSR count). The standard InChI is InChI=1S/C15H22N2O2/c1-12-10-14(4-5-15(12)19-3)11-16-6-8-17(9-7-16)13(2)18/h4-5,10H,6-9,11H2,1-3H3. The highest BCUT2D eigenvalue weighted by molar-refractivity contribution is 5.73. The van der Waals surface area contributed by atoms with Gasteiger partial charge in [0.2, 0.25) is 5.91 Å². The molecule has 19 heavy (non-hydrogen) atoms. The van der Waals surface area contributed by atoms with Gasteiger partial charge in [-0.3, -0.25) is 9.69 Å². The van der Waals surface area contributed by atoms with Crippen LogP contribution in [0.2, 0.25) is 0 Å². The Morgan fingerprint density at radius 2 is 1.95 bits per heavy atom. The molecule has 104 valence electrons. The van der Waals surface area contributed by atoms with Crippen molar-refractivity contribution in [3.63, 3.8) is 0 Å². The molecule has 0 aromatic heterocycles. The molecule has 1 aliphatic heterocycles. The summed E-state index contributed by atoms with van der Waals surface area (Å²) in [4.78, 5) is 15.6. The van der Waals surface area contributed by atoms with Crippen LogP contribution in [0.3, 0.4) is 0 Å². The van der Waals surface area contributed by atoms with Crippen LogP contribution in [0.5, 0.6) is 5.75 Å². The van der Waals surface area contributed by atoms with Crippen LogP contribution in [0.4, 0.5) is 0 Å². The molecule has 1 amide bonds. The van der Waals surface area contributed by atoms with Gasteiger partial charge in [-0.15, -0.1) is 0 Å². The summed E-state index contributed by atoms with van der Waals surface area (Å²) in [5.74, 6) is 1.12. The van der Waals surface area contributed by atoms with Crippen molar-refractivity contribution in [3.05, 3.63) is 29.3 Å². The predicted molar refractivity (Wildman–Crippen MR) is 75.3 cm³/mol. The van der Waals surface area contributed by atoms with Crippen LogP contribution in [0.15, 0.2) is 18.2 Å². The molecule has 0 atom stereocenters. The summed E-state index contributed by atoms with van der Waals surface area (Å²) >= 11 is 0. The van der Waals surface area contributed by atoms with Gasteiger partial charge in [0.25, 0.3) is 0 Å². The molecule has 0 N–H and O–H groups in total. The van der Waals surface area contributed by atoms with Gasteiger partial charge in [0.1, 0.15) is 5.75 Å². The predicted octanol–water partition coefficient (Wildman–Crippen LogP) is 1.67. The fraction of sp³-hybridized carbons (Fsp3) is 0.533. The summed E-state index contributed by atoms with van der Waals surface area (Å²) in [5, 5.41) is 0. The number of hydrogen-bond acceptors (Lipinski definition) is 3. The van der Waals surface area contributed by atoms with Gasteiger partial charge in [-0.2, -0.15) is 0 Å². The third kappa shape index (κ3) is 3.47. The molecule has 0 aliphatic carbocycles. The van der Waals surface area contributed by atoms with Crippen molar-refractivity contribution >= 4 is 5.91 Å². The number of amides is 1. The topological polar surface area (TPSA) is 32.8 Å². The molecule has 1 fully saturated rings. The molecule has 0 saturated carbocycles. The van der Waals surface area contributed by atoms with Gasteiger partial charge < -0.3 is 9.64 Å². The van der Waals surface area contributed by atoms with Crippen LogP contribution in [0.1, 0.15) is 18.1 Å². The van der Waals surface area contributed by atoms with Crippen LogP contribution in [0, 0.1) is 6.92 Å². The number of benzene rings is 1. The number of methoxy groups -OCH3 is 1. The lowest BCUT2D eigenvalue weighted by molar-refractivity contribution is -0.130. The van der Waals surface area contributed by atoms with Gasteiger partial charge in [-0.1, -0.05) is 12.1 Å². The smallest absolute Gasteiger partial charge is 0.219 e. The number of rotatable bonds is 3. The average molecular weight is 262 g/mol. The van der Waals surface area contributed by atoms with E-state index in [1.165, 1.54) is 11.1 Å². The van der Waals surface area contributed by atoms with Crippen molar-refractivity contribution in [2.75, 3.05) is 33.3 Å². The molecule has 1 aliphatic rings. The number of ether oxygens (including phenoxy) is 1. The van der Waals surface area contributed by atoms with E-state index in [1.54, 1.807) is 14.0 Å². The summed E-state index contributed by atoms with van der Waals surface area (Å²) in [6.07, 6.45) is 0. The summed E-state index contributed by atoms with van der Waals surface area (Å²) in [7, 11) is 1.70. The lowest BCUT2D eigenvalue weighted by atomic mass is 10.1. The molecule has 4 heteroatoms. The zero-order valence-electron chi connectivity index (χ0n) is 12.0. The molecule has 4 nitrogen and oxygen atoms in total. The van der Waals surface area contributed by atoms with Crippen molar-refractivity contribution in [1.82, 2.24) is 9.80 Å². The number of carbonyl (C=O) groups is 1. The first-order chi connectivity index (χ1) is 9.10. The van der Waals surface area contributed by atoms with Crippen molar-refractivity contribution in [2.24, 2.45) is 0 Å². The Labute approximate surface area is 115 Å². The van der Waals surface area contributed by atoms with E-state index >= 15 is 0 Å². The van der Waals surface area contributed by atoms with Gasteiger partial charge in [-0.05, 0) is 24.1 Å². The minimum absolute atomic E-state index is 0.181. The average Bonchev–Trinajstić information content (AvgIpc) is 2.39. The maximum atomic E-state index is 11.3. The minimum Gasteiger partial charge on any atom is -0.496 e. The van der Waals surface area contributed by atoms with Crippen LogP contribution in [-0.4, -0.2) is 49.0 Å². The van der Waals surface area contributed by atoms with Crippen molar-refractivity contribution in [3.8, 4) is 5.75 Å². The van der Waals surface area contributed by atoms with E-state index in [0.717, 1.165) is 38.5 Å². The van der Waals surface area contributed by atoms with Crippen LogP contribution in [-0.2, 0) is 11.3 Å². The second kappa shape index (κ2) is 6.06. The Balaban J connectivity index is 1.92. The first-order valence-corrected chi connectivity index (χ1v) is 6.71. The van der Waals surface area contributed by atoms with Crippen LogP contribution >= 0.6 is 0 Å². The zero-order chi connectivity index (χ0) is 13.8. The molecular weight excluding hydrogens is 240 g/mol. The summed E-state index contributed by atoms with van der Waals surface area (Å²) in [6, 6.07) is 6.32. The van der Waals surface area contributed by atoms with E-state index in [4.69, 9.17) is 4.74 Å². The van der Waals surface area contributed by atoms with Gasteiger partial charge in [-0.25, -0.2) is 0 Å². The number of carbonyl (C=O) groups excluding carboxylic acids is 1. The number of hydrogen-bond donors (Lipinski definition) is 0. The van der Waals surface area contributed by atoms with Crippen molar-refractivity contribution in [2.45, 2.75) is 20.4 Å². The fourth-order valence-electron chi connectivity index (χ4n) is 2.52. The minimum atomic E-state index is 0.181. The molecular formula is C15H22N2O2. The molecule has 1 aromatic carbocycles. The number of piperazine rings is 1. The number of nitrogens with zero attached hydrogens (tertiary/aromatic N) is 2. The van der Waals surface area contributed by atoms with Gasteiger partial charge >= 0.3 is 0 Å². The first-order valence-electron chi connectivity index (χ1n) is 6.71. The SMILES string of the molecule is COc1ccc(CN2CCN(C(C)=O)CC2)cc1C. The van der Waals surface area contributed by atoms with E-state index in [1.807, 2.05) is 11.0 Å². The maximum Gasteiger partial charge on any atom is 0.219 e. The molecule has 1 aromatic rings. The van der Waals surface area contributed by atoms with Crippen molar-refractivity contribution in [1.29, 1.82) is 0 Å². The second-order valence-corrected chi connectivity index (χ2v) is 5.09. The van der Waals surface area contributed by atoms with Gasteiger partial charge in [0.15, 0.2) is 0 Å². The molecule has 0 bridgehead atoms. The largest absolute Gasteiger partial charge is 0.496 e. The zero-order valence-corrected chi connectivity index (χ0v) is 12.0. The van der Waals surface area contributed by atoms with Crippen LogP contribution < -0.4 is 4.74 Å². The molecule has 1 heterocycles. The van der Waals surface area contributed by atoms with E-state index in [2.05, 4.69) is 24.0 Å². The molecule has 0 spiro atoms. The second-order valence-electron chi connectivity index (χ2n) is 5.09. The van der Waals surface area contributed by atoms with Crippen LogP contribution in [0.25, 0.3) is 0 Å². The van der Waals surface area contributed by atoms with E-state index in [-0.39, 0.29) is 5.91 Å². The van der Waals surface area contributed by atoms with E-state index in [0.29, 0.717) is 0 Å². The number of aryl methyl sites for hydroxylation is 1. The normalized spacial score (nSPS) is 16.5. The Morgan fingerprint density at radius 3 is 2.47 bits per heavy atom. The quantitative estimate of drug-likeness (QED) is 0.830. The summed E-state index contributed by atoms with van der Waals surface area (Å²) < 4.78 is 5.27. The molecule has 1 saturated heterocycles. The van der Waals surface area contributed by atoms with Crippen molar-refractivity contribution < 1.29 is 9.53 Å². The highest BCUT2D eigenvalue weighted by atomic mass is 16.5. The lowest BCUT2D eigenvalue weighted by Crippen LogP contribution is -2.47. The van der Waals surface area contributed by atoms with Gasteiger partial charge in [0, 0.05) is 39.6 Å². The van der Waals surface area contributed by atoms with E-state index in [9.17, 15) is 4.79 Å². The Bertz CT molecular complexity index is 451. The monoisotopic (exact) mass is 262 g/mol. The van der Waals surface area contributed by atoms with E-state index < -0.39 is 0 Å². The Hall–Kier alpha value is -1.55. The summed E-state index contributed by atoms with van der Waals surface area (Å²) in [5.41, 5.74) is 2.47. The molecule has 0 unspecified atom stereocenters. The first kappa shape index (κ1) is 13.9. The summed E-state index contributed by atoms with van der Waals surface area (Å²) in [6.45, 7) is 8.22. The molecule has 0 radical (unpaired) electrons. The highest BCUT2D eigenvalue weighted by Gasteiger charge is 2.18. The maximum absolute atomic E-state index is 11.3. The Kier molecular flexibility index (Phi) is 4.43.